The van der Waals surface area contributed by atoms with E-state index in [-0.39, 0.29) is 0 Å². The van der Waals surface area contributed by atoms with Crippen LogP contribution in [-0.2, 0) is 0 Å². The first-order valence-corrected chi connectivity index (χ1v) is 10.0. The van der Waals surface area contributed by atoms with E-state index in [0.717, 1.165) is 25.2 Å². The molecule has 0 fully saturated rings. The van der Waals surface area contributed by atoms with E-state index in [4.69, 9.17) is 4.74 Å². The summed E-state index contributed by atoms with van der Waals surface area (Å²) in [5.41, 5.74) is 5.48. The van der Waals surface area contributed by atoms with Crippen molar-refractivity contribution in [2.75, 3.05) is 6.61 Å². The Morgan fingerprint density at radius 2 is 1.69 bits per heavy atom. The van der Waals surface area contributed by atoms with E-state index in [2.05, 4.69) is 73.7 Å². The fourth-order valence-corrected chi connectivity index (χ4v) is 3.44. The molecule has 0 spiro atoms. The van der Waals surface area contributed by atoms with Gasteiger partial charge in [0.25, 0.3) is 0 Å². The van der Waals surface area contributed by atoms with Crippen molar-refractivity contribution in [1.82, 2.24) is 0 Å². The lowest BCUT2D eigenvalue weighted by molar-refractivity contribution is 0.305. The number of unbranched alkanes of at least 4 members (excludes halogenated alkanes) is 3. The highest BCUT2D eigenvalue weighted by molar-refractivity contribution is 5.72. The Morgan fingerprint density at radius 1 is 0.885 bits per heavy atom. The molecule has 3 rings (SSSR count). The molecule has 0 N–H and O–H groups in total. The second-order valence-electron chi connectivity index (χ2n) is 7.09. The van der Waals surface area contributed by atoms with Crippen LogP contribution >= 0.6 is 0 Å². The Kier molecular flexibility index (Phi) is 7.13. The largest absolute Gasteiger partial charge is 0.494 e. The molecule has 0 saturated carbocycles. The standard InChI is InChI=1S/C25H30O/c1-2-3-4-8-18-26-25-16-14-21(15-17-25)19-22-10-9-13-24(20-22)23-11-6-5-7-12-23/h5-7,11-12,14-17,19-20H,2-4,8-10,13,18H2,1H3. The van der Waals surface area contributed by atoms with Crippen molar-refractivity contribution in [2.45, 2.75) is 51.9 Å². The van der Waals surface area contributed by atoms with Crippen LogP contribution in [0, 0.1) is 0 Å². The van der Waals surface area contributed by atoms with E-state index in [1.54, 1.807) is 0 Å². The molecule has 2 aromatic rings. The zero-order chi connectivity index (χ0) is 18.0. The maximum atomic E-state index is 5.84. The van der Waals surface area contributed by atoms with Gasteiger partial charge in [-0.25, -0.2) is 0 Å². The molecule has 0 saturated heterocycles. The molecule has 0 amide bonds. The Labute approximate surface area is 158 Å². The molecule has 0 aromatic heterocycles. The lowest BCUT2D eigenvalue weighted by Crippen LogP contribution is -1.97. The van der Waals surface area contributed by atoms with Crippen LogP contribution in [0.5, 0.6) is 5.75 Å². The van der Waals surface area contributed by atoms with Crippen LogP contribution in [0.1, 0.15) is 63.0 Å². The van der Waals surface area contributed by atoms with Gasteiger partial charge in [0.1, 0.15) is 5.75 Å². The van der Waals surface area contributed by atoms with Crippen LogP contribution in [0.3, 0.4) is 0 Å². The van der Waals surface area contributed by atoms with Crippen molar-refractivity contribution in [1.29, 1.82) is 0 Å². The molecule has 0 bridgehead atoms. The van der Waals surface area contributed by atoms with Gasteiger partial charge in [-0.3, -0.25) is 0 Å². The van der Waals surface area contributed by atoms with Crippen molar-refractivity contribution in [3.05, 3.63) is 77.4 Å². The Bertz CT molecular complexity index is 723. The molecule has 0 radical (unpaired) electrons. The summed E-state index contributed by atoms with van der Waals surface area (Å²) >= 11 is 0. The van der Waals surface area contributed by atoms with Crippen LogP contribution in [0.2, 0.25) is 0 Å². The van der Waals surface area contributed by atoms with Crippen molar-refractivity contribution >= 4 is 11.6 Å². The minimum Gasteiger partial charge on any atom is -0.494 e. The summed E-state index contributed by atoms with van der Waals surface area (Å²) in [5, 5.41) is 0. The summed E-state index contributed by atoms with van der Waals surface area (Å²) in [7, 11) is 0. The average molecular weight is 347 g/mol. The quantitative estimate of drug-likeness (QED) is 0.456. The Hall–Kier alpha value is -2.28. The van der Waals surface area contributed by atoms with Crippen LogP contribution in [-0.4, -0.2) is 6.61 Å². The minimum absolute atomic E-state index is 0.823. The predicted octanol–water partition coefficient (Wildman–Crippen LogP) is 7.30. The highest BCUT2D eigenvalue weighted by Crippen LogP contribution is 2.30. The predicted molar refractivity (Wildman–Crippen MR) is 112 cm³/mol. The molecule has 0 heterocycles. The third-order valence-electron chi connectivity index (χ3n) is 4.91. The van der Waals surface area contributed by atoms with Gasteiger partial charge in [-0.1, -0.05) is 80.8 Å². The van der Waals surface area contributed by atoms with Crippen LogP contribution in [0.15, 0.2) is 66.2 Å². The third-order valence-corrected chi connectivity index (χ3v) is 4.91. The molecule has 1 nitrogen and oxygen atoms in total. The van der Waals surface area contributed by atoms with Gasteiger partial charge in [0.05, 0.1) is 6.61 Å². The normalized spacial score (nSPS) is 15.7. The minimum atomic E-state index is 0.823. The number of ether oxygens (including phenoxy) is 1. The molecule has 0 unspecified atom stereocenters. The SMILES string of the molecule is CCCCCCOc1ccc(C=C2C=C(c3ccccc3)CCC2)cc1. The molecule has 0 atom stereocenters. The highest BCUT2D eigenvalue weighted by Gasteiger charge is 2.09. The summed E-state index contributed by atoms with van der Waals surface area (Å²) in [5.74, 6) is 0.979. The van der Waals surface area contributed by atoms with Crippen LogP contribution < -0.4 is 4.74 Å². The fourth-order valence-electron chi connectivity index (χ4n) is 3.44. The van der Waals surface area contributed by atoms with E-state index >= 15 is 0 Å². The van der Waals surface area contributed by atoms with E-state index in [1.165, 1.54) is 54.4 Å². The smallest absolute Gasteiger partial charge is 0.119 e. The summed E-state index contributed by atoms with van der Waals surface area (Å²) in [4.78, 5) is 0. The molecule has 2 aromatic carbocycles. The number of allylic oxidation sites excluding steroid dienone is 3. The summed E-state index contributed by atoms with van der Waals surface area (Å²) < 4.78 is 5.84. The van der Waals surface area contributed by atoms with Gasteiger partial charge in [0.15, 0.2) is 0 Å². The number of hydrogen-bond acceptors (Lipinski definition) is 1. The number of hydrogen-bond donors (Lipinski definition) is 0. The van der Waals surface area contributed by atoms with Crippen LogP contribution in [0.4, 0.5) is 0 Å². The topological polar surface area (TPSA) is 9.23 Å². The van der Waals surface area contributed by atoms with Crippen molar-refractivity contribution < 1.29 is 4.74 Å². The van der Waals surface area contributed by atoms with E-state index < -0.39 is 0 Å². The summed E-state index contributed by atoms with van der Waals surface area (Å²) in [6.45, 7) is 3.06. The molecule has 1 heteroatoms. The van der Waals surface area contributed by atoms with Gasteiger partial charge in [-0.15, -0.1) is 0 Å². The van der Waals surface area contributed by atoms with Crippen LogP contribution in [0.25, 0.3) is 11.6 Å². The van der Waals surface area contributed by atoms with Gasteiger partial charge in [-0.2, -0.15) is 0 Å². The maximum Gasteiger partial charge on any atom is 0.119 e. The molecular formula is C25H30O. The first-order chi connectivity index (χ1) is 12.8. The average Bonchev–Trinajstić information content (AvgIpc) is 2.70. The molecular weight excluding hydrogens is 316 g/mol. The van der Waals surface area contributed by atoms with Crippen molar-refractivity contribution in [2.24, 2.45) is 0 Å². The summed E-state index contributed by atoms with van der Waals surface area (Å²) in [6, 6.07) is 19.3. The van der Waals surface area contributed by atoms with Gasteiger partial charge in [0.2, 0.25) is 0 Å². The molecule has 1 aliphatic rings. The van der Waals surface area contributed by atoms with Gasteiger partial charge in [0, 0.05) is 0 Å². The van der Waals surface area contributed by atoms with Gasteiger partial charge < -0.3 is 4.74 Å². The summed E-state index contributed by atoms with van der Waals surface area (Å²) in [6.07, 6.45) is 13.2. The monoisotopic (exact) mass is 346 g/mol. The first kappa shape index (κ1) is 18.5. The number of benzene rings is 2. The lowest BCUT2D eigenvalue weighted by atomic mass is 9.90. The lowest BCUT2D eigenvalue weighted by Gasteiger charge is -2.16. The zero-order valence-corrected chi connectivity index (χ0v) is 15.9. The Balaban J connectivity index is 1.60. The van der Waals surface area contributed by atoms with Gasteiger partial charge in [-0.05, 0) is 60.1 Å². The van der Waals surface area contributed by atoms with Gasteiger partial charge >= 0.3 is 0 Å². The van der Waals surface area contributed by atoms with Crippen molar-refractivity contribution in [3.8, 4) is 5.75 Å². The second-order valence-corrected chi connectivity index (χ2v) is 7.09. The van der Waals surface area contributed by atoms with E-state index in [0.29, 0.717) is 0 Å². The Morgan fingerprint density at radius 3 is 2.46 bits per heavy atom. The molecule has 26 heavy (non-hydrogen) atoms. The molecule has 136 valence electrons. The fraction of sp³-hybridized carbons (Fsp3) is 0.360. The maximum absolute atomic E-state index is 5.84. The van der Waals surface area contributed by atoms with E-state index in [1.807, 2.05) is 0 Å². The first-order valence-electron chi connectivity index (χ1n) is 10.0. The van der Waals surface area contributed by atoms with Crippen molar-refractivity contribution in [3.63, 3.8) is 0 Å². The highest BCUT2D eigenvalue weighted by atomic mass is 16.5. The molecule has 1 aliphatic carbocycles. The third kappa shape index (κ3) is 5.62. The molecule has 0 aliphatic heterocycles. The zero-order valence-electron chi connectivity index (χ0n) is 15.9. The number of rotatable bonds is 8. The van der Waals surface area contributed by atoms with E-state index in [9.17, 15) is 0 Å². The second kappa shape index (κ2) is 10.0.